The quantitative estimate of drug-likeness (QED) is 0.502. The van der Waals surface area contributed by atoms with Crippen molar-refractivity contribution in [2.45, 2.75) is 57.7 Å². The predicted octanol–water partition coefficient (Wildman–Crippen LogP) is 5.43. The molecule has 4 rings (SSSR count). The van der Waals surface area contributed by atoms with Gasteiger partial charge in [0.25, 0.3) is 0 Å². The van der Waals surface area contributed by atoms with Crippen LogP contribution in [-0.2, 0) is 22.6 Å². The summed E-state index contributed by atoms with van der Waals surface area (Å²) >= 11 is 1.57. The molecule has 0 saturated heterocycles. The number of benzene rings is 2. The van der Waals surface area contributed by atoms with Gasteiger partial charge in [-0.3, -0.25) is 9.59 Å². The van der Waals surface area contributed by atoms with Crippen molar-refractivity contribution in [3.05, 3.63) is 93.7 Å². The third kappa shape index (κ3) is 5.46. The van der Waals surface area contributed by atoms with Crippen molar-refractivity contribution >= 4 is 23.2 Å². The number of thiophene rings is 1. The van der Waals surface area contributed by atoms with E-state index in [1.165, 1.54) is 0 Å². The van der Waals surface area contributed by atoms with E-state index in [2.05, 4.69) is 5.32 Å². The summed E-state index contributed by atoms with van der Waals surface area (Å²) in [6.45, 7) is 2.40. The fraction of sp³-hybridized carbons (Fsp3) is 0.333. The van der Waals surface area contributed by atoms with Crippen LogP contribution < -0.4 is 5.32 Å². The second-order valence-corrected chi connectivity index (χ2v) is 9.54. The highest BCUT2D eigenvalue weighted by atomic mass is 32.1. The van der Waals surface area contributed by atoms with E-state index in [0.29, 0.717) is 13.0 Å². The van der Waals surface area contributed by atoms with E-state index in [1.54, 1.807) is 16.2 Å². The van der Waals surface area contributed by atoms with Crippen molar-refractivity contribution in [2.75, 3.05) is 0 Å². The highest BCUT2D eigenvalue weighted by molar-refractivity contribution is 7.10. The highest BCUT2D eigenvalue weighted by Crippen LogP contribution is 2.29. The second kappa shape index (κ2) is 10.6. The van der Waals surface area contributed by atoms with Gasteiger partial charge in [0, 0.05) is 17.5 Å². The smallest absolute Gasteiger partial charge is 0.247 e. The van der Waals surface area contributed by atoms with Crippen LogP contribution in [0.1, 0.15) is 53.3 Å². The lowest BCUT2D eigenvalue weighted by Gasteiger charge is -2.33. The van der Waals surface area contributed by atoms with Crippen LogP contribution in [0.15, 0.2) is 72.1 Å². The molecule has 4 nitrogen and oxygen atoms in total. The Kier molecular flexibility index (Phi) is 7.38. The standard InChI is InChI=1S/C27H30N2O2S/c1-20-10-5-8-16-24(20)26(27(31)28-22-13-6-7-14-22)29(19-21-11-3-2-4-12-21)25(30)18-23-15-9-17-32-23/h2-5,8-12,15-17,22,26H,6-7,13-14,18-19H2,1H3,(H,28,31)/t26-/m0/s1. The van der Waals surface area contributed by atoms with Crippen molar-refractivity contribution < 1.29 is 9.59 Å². The Morgan fingerprint density at radius 2 is 1.72 bits per heavy atom. The molecule has 0 unspecified atom stereocenters. The highest BCUT2D eigenvalue weighted by Gasteiger charge is 2.34. The van der Waals surface area contributed by atoms with Gasteiger partial charge in [-0.05, 0) is 47.9 Å². The topological polar surface area (TPSA) is 49.4 Å². The number of rotatable bonds is 8. The average Bonchev–Trinajstić information content (AvgIpc) is 3.50. The number of aryl methyl sites for hydroxylation is 1. The molecule has 2 amide bonds. The normalized spacial score (nSPS) is 14.8. The third-order valence-electron chi connectivity index (χ3n) is 6.17. The Labute approximate surface area is 194 Å². The minimum atomic E-state index is -0.663. The minimum absolute atomic E-state index is 0.0360. The van der Waals surface area contributed by atoms with E-state index in [0.717, 1.165) is 47.3 Å². The zero-order valence-electron chi connectivity index (χ0n) is 18.5. The van der Waals surface area contributed by atoms with Crippen molar-refractivity contribution in [1.82, 2.24) is 10.2 Å². The number of amides is 2. The summed E-state index contributed by atoms with van der Waals surface area (Å²) < 4.78 is 0. The Balaban J connectivity index is 1.70. The van der Waals surface area contributed by atoms with Gasteiger partial charge in [-0.15, -0.1) is 11.3 Å². The Bertz CT molecular complexity index is 1030. The number of nitrogens with zero attached hydrogens (tertiary/aromatic N) is 1. The van der Waals surface area contributed by atoms with Gasteiger partial charge in [-0.25, -0.2) is 0 Å². The molecule has 0 bridgehead atoms. The van der Waals surface area contributed by atoms with Gasteiger partial charge in [0.1, 0.15) is 6.04 Å². The lowest BCUT2D eigenvalue weighted by molar-refractivity contribution is -0.141. The van der Waals surface area contributed by atoms with Crippen LogP contribution in [0.2, 0.25) is 0 Å². The molecule has 3 aromatic rings. The number of hydrogen-bond donors (Lipinski definition) is 1. The van der Waals surface area contributed by atoms with Gasteiger partial charge >= 0.3 is 0 Å². The third-order valence-corrected chi connectivity index (χ3v) is 7.04. The zero-order chi connectivity index (χ0) is 22.3. The first kappa shape index (κ1) is 22.3. The molecule has 166 valence electrons. The zero-order valence-corrected chi connectivity index (χ0v) is 19.3. The number of carbonyl (C=O) groups excluding carboxylic acids is 2. The van der Waals surface area contributed by atoms with E-state index in [-0.39, 0.29) is 17.9 Å². The first-order valence-corrected chi connectivity index (χ1v) is 12.2. The molecule has 1 saturated carbocycles. The van der Waals surface area contributed by atoms with E-state index in [4.69, 9.17) is 0 Å². The maximum absolute atomic E-state index is 13.7. The maximum atomic E-state index is 13.7. The lowest BCUT2D eigenvalue weighted by Crippen LogP contribution is -2.46. The van der Waals surface area contributed by atoms with Crippen LogP contribution >= 0.6 is 11.3 Å². The Morgan fingerprint density at radius 1 is 1.00 bits per heavy atom. The molecule has 0 radical (unpaired) electrons. The summed E-state index contributed by atoms with van der Waals surface area (Å²) in [5.41, 5.74) is 2.92. The van der Waals surface area contributed by atoms with Crippen molar-refractivity contribution in [1.29, 1.82) is 0 Å². The average molecular weight is 447 g/mol. The van der Waals surface area contributed by atoms with E-state index < -0.39 is 6.04 Å². The van der Waals surface area contributed by atoms with Gasteiger partial charge in [-0.2, -0.15) is 0 Å². The summed E-state index contributed by atoms with van der Waals surface area (Å²) in [5.74, 6) is -0.118. The molecular formula is C27H30N2O2S. The van der Waals surface area contributed by atoms with Crippen molar-refractivity contribution in [3.63, 3.8) is 0 Å². The summed E-state index contributed by atoms with van der Waals surface area (Å²) in [6, 6.07) is 21.3. The Hall–Kier alpha value is -2.92. The molecule has 0 aliphatic heterocycles. The fourth-order valence-electron chi connectivity index (χ4n) is 4.46. The monoisotopic (exact) mass is 446 g/mol. The number of carbonyl (C=O) groups is 2. The van der Waals surface area contributed by atoms with Gasteiger partial charge in [0.05, 0.1) is 6.42 Å². The maximum Gasteiger partial charge on any atom is 0.247 e. The molecule has 1 aliphatic carbocycles. The van der Waals surface area contributed by atoms with Crippen molar-refractivity contribution in [2.24, 2.45) is 0 Å². The first-order chi connectivity index (χ1) is 15.6. The van der Waals surface area contributed by atoms with Gasteiger partial charge in [0.2, 0.25) is 11.8 Å². The summed E-state index contributed by atoms with van der Waals surface area (Å²) in [5, 5.41) is 5.24. The predicted molar refractivity (Wildman–Crippen MR) is 129 cm³/mol. The fourth-order valence-corrected chi connectivity index (χ4v) is 5.16. The molecule has 1 aliphatic rings. The van der Waals surface area contributed by atoms with E-state index >= 15 is 0 Å². The molecule has 32 heavy (non-hydrogen) atoms. The summed E-state index contributed by atoms with van der Waals surface area (Å²) in [6.07, 6.45) is 4.60. The molecule has 1 atom stereocenters. The van der Waals surface area contributed by atoms with E-state index in [9.17, 15) is 9.59 Å². The molecule has 1 aromatic heterocycles. The van der Waals surface area contributed by atoms with Crippen LogP contribution in [0.5, 0.6) is 0 Å². The molecule has 0 spiro atoms. The lowest BCUT2D eigenvalue weighted by atomic mass is 9.97. The summed E-state index contributed by atoms with van der Waals surface area (Å²) in [4.78, 5) is 30.1. The van der Waals surface area contributed by atoms with E-state index in [1.807, 2.05) is 79.0 Å². The minimum Gasteiger partial charge on any atom is -0.351 e. The number of nitrogens with one attached hydrogen (secondary N) is 1. The second-order valence-electron chi connectivity index (χ2n) is 8.51. The molecule has 1 fully saturated rings. The van der Waals surface area contributed by atoms with Gasteiger partial charge in [-0.1, -0.05) is 73.5 Å². The SMILES string of the molecule is Cc1ccccc1[C@@H](C(=O)NC1CCCC1)N(Cc1ccccc1)C(=O)Cc1cccs1. The molecule has 1 heterocycles. The van der Waals surface area contributed by atoms with Crippen LogP contribution in [-0.4, -0.2) is 22.8 Å². The Morgan fingerprint density at radius 3 is 2.41 bits per heavy atom. The molecule has 2 aromatic carbocycles. The largest absolute Gasteiger partial charge is 0.351 e. The van der Waals surface area contributed by atoms with Gasteiger partial charge < -0.3 is 10.2 Å². The molecule has 5 heteroatoms. The van der Waals surface area contributed by atoms with Crippen LogP contribution in [0.3, 0.4) is 0 Å². The summed E-state index contributed by atoms with van der Waals surface area (Å²) in [7, 11) is 0. The van der Waals surface area contributed by atoms with Gasteiger partial charge in [0.15, 0.2) is 0 Å². The van der Waals surface area contributed by atoms with Crippen LogP contribution in [0, 0.1) is 6.92 Å². The van der Waals surface area contributed by atoms with Crippen LogP contribution in [0.25, 0.3) is 0 Å². The number of hydrogen-bond acceptors (Lipinski definition) is 3. The molecular weight excluding hydrogens is 416 g/mol. The molecule has 1 N–H and O–H groups in total. The van der Waals surface area contributed by atoms with Crippen molar-refractivity contribution in [3.8, 4) is 0 Å². The van der Waals surface area contributed by atoms with Crippen LogP contribution in [0.4, 0.5) is 0 Å². The first-order valence-electron chi connectivity index (χ1n) is 11.3.